The molecule has 0 saturated carbocycles. The normalized spacial score (nSPS) is 11.0. The van der Waals surface area contributed by atoms with Crippen LogP contribution in [0.4, 0.5) is 5.69 Å². The average molecular weight is 309 g/mol. The molecule has 0 unspecified atom stereocenters. The Balaban J connectivity index is 1.67. The SMILES string of the molecule is CCCc1nc2ccccc2n1CCCOc1ccccc1N. The van der Waals surface area contributed by atoms with Crippen LogP contribution in [0.5, 0.6) is 5.75 Å². The molecule has 0 aliphatic rings. The standard InChI is InChI=1S/C19H23N3O/c1-2-8-19-21-16-10-4-5-11-17(16)22(19)13-7-14-23-18-12-6-3-9-15(18)20/h3-6,9-12H,2,7-8,13-14,20H2,1H3. The molecule has 0 bridgehead atoms. The Labute approximate surface area is 136 Å². The highest BCUT2D eigenvalue weighted by molar-refractivity contribution is 5.75. The Kier molecular flexibility index (Phi) is 4.81. The van der Waals surface area contributed by atoms with Crippen LogP contribution in [0.1, 0.15) is 25.6 Å². The molecule has 23 heavy (non-hydrogen) atoms. The van der Waals surface area contributed by atoms with E-state index in [4.69, 9.17) is 15.5 Å². The molecular weight excluding hydrogens is 286 g/mol. The first-order chi connectivity index (χ1) is 11.3. The molecule has 4 nitrogen and oxygen atoms in total. The second kappa shape index (κ2) is 7.18. The van der Waals surface area contributed by atoms with Gasteiger partial charge in [-0.25, -0.2) is 4.98 Å². The molecule has 4 heteroatoms. The van der Waals surface area contributed by atoms with Crippen molar-refractivity contribution in [3.8, 4) is 5.75 Å². The van der Waals surface area contributed by atoms with Gasteiger partial charge in [0.2, 0.25) is 0 Å². The van der Waals surface area contributed by atoms with Crippen molar-refractivity contribution < 1.29 is 4.74 Å². The second-order valence-electron chi connectivity index (χ2n) is 5.66. The maximum atomic E-state index is 5.90. The Morgan fingerprint density at radius 1 is 1.09 bits per heavy atom. The number of aryl methyl sites for hydroxylation is 2. The van der Waals surface area contributed by atoms with Gasteiger partial charge in [-0.15, -0.1) is 0 Å². The van der Waals surface area contributed by atoms with E-state index in [9.17, 15) is 0 Å². The number of anilines is 1. The summed E-state index contributed by atoms with van der Waals surface area (Å²) in [7, 11) is 0. The summed E-state index contributed by atoms with van der Waals surface area (Å²) in [5, 5.41) is 0. The number of imidazole rings is 1. The van der Waals surface area contributed by atoms with Crippen molar-refractivity contribution >= 4 is 16.7 Å². The number of para-hydroxylation sites is 4. The average Bonchev–Trinajstić information content (AvgIpc) is 2.91. The minimum atomic E-state index is 0.645. The fourth-order valence-electron chi connectivity index (χ4n) is 2.81. The summed E-state index contributed by atoms with van der Waals surface area (Å²) in [6.07, 6.45) is 3.02. The Morgan fingerprint density at radius 3 is 2.70 bits per heavy atom. The number of hydrogen-bond acceptors (Lipinski definition) is 3. The van der Waals surface area contributed by atoms with Gasteiger partial charge in [0.15, 0.2) is 0 Å². The number of ether oxygens (including phenoxy) is 1. The number of nitrogens with zero attached hydrogens (tertiary/aromatic N) is 2. The van der Waals surface area contributed by atoms with E-state index in [1.54, 1.807) is 0 Å². The van der Waals surface area contributed by atoms with Gasteiger partial charge in [0.1, 0.15) is 11.6 Å². The number of benzene rings is 2. The first kappa shape index (κ1) is 15.4. The Bertz CT molecular complexity index is 779. The van der Waals surface area contributed by atoms with Gasteiger partial charge in [0.05, 0.1) is 23.3 Å². The molecule has 2 aromatic carbocycles. The lowest BCUT2D eigenvalue weighted by molar-refractivity contribution is 0.303. The summed E-state index contributed by atoms with van der Waals surface area (Å²) in [5.74, 6) is 1.92. The van der Waals surface area contributed by atoms with Crippen LogP contribution < -0.4 is 10.5 Å². The third-order valence-electron chi connectivity index (χ3n) is 3.91. The lowest BCUT2D eigenvalue weighted by atomic mass is 10.3. The van der Waals surface area contributed by atoms with Gasteiger partial charge >= 0.3 is 0 Å². The summed E-state index contributed by atoms with van der Waals surface area (Å²) in [6.45, 7) is 3.74. The van der Waals surface area contributed by atoms with Gasteiger partial charge in [0, 0.05) is 13.0 Å². The lowest BCUT2D eigenvalue weighted by Gasteiger charge is -2.11. The van der Waals surface area contributed by atoms with Gasteiger partial charge in [-0.1, -0.05) is 31.2 Å². The van der Waals surface area contributed by atoms with Gasteiger partial charge in [-0.3, -0.25) is 0 Å². The highest BCUT2D eigenvalue weighted by atomic mass is 16.5. The number of aromatic nitrogens is 2. The summed E-state index contributed by atoms with van der Waals surface area (Å²) >= 11 is 0. The second-order valence-corrected chi connectivity index (χ2v) is 5.66. The van der Waals surface area contributed by atoms with Crippen molar-refractivity contribution in [1.82, 2.24) is 9.55 Å². The number of hydrogen-bond donors (Lipinski definition) is 1. The van der Waals surface area contributed by atoms with E-state index >= 15 is 0 Å². The number of nitrogen functional groups attached to an aromatic ring is 1. The predicted molar refractivity (Wildman–Crippen MR) is 94.7 cm³/mol. The number of rotatable bonds is 7. The van der Waals surface area contributed by atoms with Gasteiger partial charge < -0.3 is 15.0 Å². The predicted octanol–water partition coefficient (Wildman–Crippen LogP) is 4.04. The monoisotopic (exact) mass is 309 g/mol. The minimum absolute atomic E-state index is 0.645. The largest absolute Gasteiger partial charge is 0.491 e. The maximum absolute atomic E-state index is 5.90. The molecular formula is C19H23N3O. The summed E-state index contributed by atoms with van der Waals surface area (Å²) in [4.78, 5) is 4.76. The van der Waals surface area contributed by atoms with Gasteiger partial charge in [-0.05, 0) is 37.1 Å². The Morgan fingerprint density at radius 2 is 1.87 bits per heavy atom. The van der Waals surface area contributed by atoms with Crippen molar-refractivity contribution in [1.29, 1.82) is 0 Å². The molecule has 120 valence electrons. The van der Waals surface area contributed by atoms with Crippen LogP contribution in [0.25, 0.3) is 11.0 Å². The van der Waals surface area contributed by atoms with E-state index in [0.717, 1.165) is 42.9 Å². The lowest BCUT2D eigenvalue weighted by Crippen LogP contribution is -2.08. The molecule has 0 amide bonds. The molecule has 0 radical (unpaired) electrons. The molecule has 1 heterocycles. The van der Waals surface area contributed by atoms with Crippen molar-refractivity contribution in [2.24, 2.45) is 0 Å². The summed E-state index contributed by atoms with van der Waals surface area (Å²) in [5.41, 5.74) is 8.86. The van der Waals surface area contributed by atoms with E-state index in [1.807, 2.05) is 30.3 Å². The van der Waals surface area contributed by atoms with Crippen LogP contribution in [-0.4, -0.2) is 16.2 Å². The van der Waals surface area contributed by atoms with E-state index in [1.165, 1.54) is 5.52 Å². The van der Waals surface area contributed by atoms with Crippen molar-refractivity contribution in [2.75, 3.05) is 12.3 Å². The van der Waals surface area contributed by atoms with Crippen molar-refractivity contribution in [3.05, 3.63) is 54.4 Å². The zero-order chi connectivity index (χ0) is 16.1. The first-order valence-electron chi connectivity index (χ1n) is 8.21. The molecule has 0 aliphatic carbocycles. The highest BCUT2D eigenvalue weighted by Gasteiger charge is 2.09. The van der Waals surface area contributed by atoms with Crippen LogP contribution in [0, 0.1) is 0 Å². The van der Waals surface area contributed by atoms with Crippen LogP contribution in [-0.2, 0) is 13.0 Å². The highest BCUT2D eigenvalue weighted by Crippen LogP contribution is 2.21. The molecule has 0 atom stereocenters. The molecule has 3 aromatic rings. The van der Waals surface area contributed by atoms with Crippen LogP contribution >= 0.6 is 0 Å². The molecule has 0 aliphatic heterocycles. The van der Waals surface area contributed by atoms with Gasteiger partial charge in [-0.2, -0.15) is 0 Å². The first-order valence-corrected chi connectivity index (χ1v) is 8.21. The smallest absolute Gasteiger partial charge is 0.142 e. The molecule has 2 N–H and O–H groups in total. The van der Waals surface area contributed by atoms with E-state index < -0.39 is 0 Å². The van der Waals surface area contributed by atoms with Crippen molar-refractivity contribution in [2.45, 2.75) is 32.7 Å². The van der Waals surface area contributed by atoms with Crippen LogP contribution in [0.3, 0.4) is 0 Å². The molecule has 1 aromatic heterocycles. The zero-order valence-corrected chi connectivity index (χ0v) is 13.5. The van der Waals surface area contributed by atoms with Crippen LogP contribution in [0.2, 0.25) is 0 Å². The zero-order valence-electron chi connectivity index (χ0n) is 13.5. The maximum Gasteiger partial charge on any atom is 0.142 e. The Hall–Kier alpha value is -2.49. The van der Waals surface area contributed by atoms with E-state index in [2.05, 4.69) is 29.7 Å². The van der Waals surface area contributed by atoms with Crippen molar-refractivity contribution in [3.63, 3.8) is 0 Å². The summed E-state index contributed by atoms with van der Waals surface area (Å²) in [6, 6.07) is 15.9. The van der Waals surface area contributed by atoms with Crippen LogP contribution in [0.15, 0.2) is 48.5 Å². The minimum Gasteiger partial charge on any atom is -0.491 e. The summed E-state index contributed by atoms with van der Waals surface area (Å²) < 4.78 is 8.10. The fourth-order valence-corrected chi connectivity index (χ4v) is 2.81. The molecule has 3 rings (SSSR count). The third-order valence-corrected chi connectivity index (χ3v) is 3.91. The number of fused-ring (bicyclic) bond motifs is 1. The molecule has 0 saturated heterocycles. The van der Waals surface area contributed by atoms with E-state index in [0.29, 0.717) is 12.3 Å². The molecule has 0 fully saturated rings. The van der Waals surface area contributed by atoms with E-state index in [-0.39, 0.29) is 0 Å². The quantitative estimate of drug-likeness (QED) is 0.529. The molecule has 0 spiro atoms. The number of nitrogens with two attached hydrogens (primary N) is 1. The third kappa shape index (κ3) is 3.47. The topological polar surface area (TPSA) is 53.1 Å². The fraction of sp³-hybridized carbons (Fsp3) is 0.316. The van der Waals surface area contributed by atoms with Gasteiger partial charge in [0.25, 0.3) is 0 Å².